The highest BCUT2D eigenvalue weighted by atomic mass is 16.1. The molecule has 0 unspecified atom stereocenters. The maximum absolute atomic E-state index is 11.9. The summed E-state index contributed by atoms with van der Waals surface area (Å²) < 4.78 is 0. The molecule has 1 aliphatic rings. The monoisotopic (exact) mass is 243 g/mol. The lowest BCUT2D eigenvalue weighted by Crippen LogP contribution is -2.35. The van der Waals surface area contributed by atoms with Crippen LogP contribution in [0.1, 0.15) is 28.8 Å². The van der Waals surface area contributed by atoms with Crippen molar-refractivity contribution in [2.45, 2.75) is 12.8 Å². The van der Waals surface area contributed by atoms with Crippen molar-refractivity contribution in [3.63, 3.8) is 0 Å². The quantitative estimate of drug-likeness (QED) is 0.840. The van der Waals surface area contributed by atoms with Crippen LogP contribution in [-0.2, 0) is 0 Å². The first kappa shape index (κ1) is 12.6. The summed E-state index contributed by atoms with van der Waals surface area (Å²) in [5.74, 6) is 0.520. The normalized spacial score (nSPS) is 15.9. The predicted octanol–water partition coefficient (Wildman–Crippen LogP) is 1.29. The van der Waals surface area contributed by atoms with Gasteiger partial charge in [-0.2, -0.15) is 5.26 Å². The molecule has 1 aromatic carbocycles. The van der Waals surface area contributed by atoms with Gasteiger partial charge in [0.25, 0.3) is 5.91 Å². The van der Waals surface area contributed by atoms with E-state index in [0.717, 1.165) is 32.5 Å². The van der Waals surface area contributed by atoms with E-state index in [0.29, 0.717) is 17.0 Å². The fraction of sp³-hybridized carbons (Fsp3) is 0.429. The number of rotatable bonds is 3. The molecule has 1 aromatic rings. The number of nitriles is 1. The molecule has 4 heteroatoms. The van der Waals surface area contributed by atoms with Crippen molar-refractivity contribution in [3.05, 3.63) is 35.4 Å². The van der Waals surface area contributed by atoms with Crippen molar-refractivity contribution in [2.24, 2.45) is 5.92 Å². The summed E-state index contributed by atoms with van der Waals surface area (Å²) in [6, 6.07) is 8.75. The number of carbonyl (C=O) groups excluding carboxylic acids is 1. The molecule has 1 amide bonds. The molecule has 18 heavy (non-hydrogen) atoms. The van der Waals surface area contributed by atoms with Gasteiger partial charge in [-0.05, 0) is 56.1 Å². The van der Waals surface area contributed by atoms with Crippen molar-refractivity contribution >= 4 is 5.91 Å². The van der Waals surface area contributed by atoms with E-state index < -0.39 is 0 Å². The molecule has 0 atom stereocenters. The van der Waals surface area contributed by atoms with Gasteiger partial charge < -0.3 is 10.6 Å². The maximum Gasteiger partial charge on any atom is 0.251 e. The lowest BCUT2D eigenvalue weighted by Gasteiger charge is -2.22. The zero-order valence-electron chi connectivity index (χ0n) is 10.3. The smallest absolute Gasteiger partial charge is 0.251 e. The molecule has 2 rings (SSSR count). The Bertz CT molecular complexity index is 441. The first-order chi connectivity index (χ1) is 8.79. The van der Waals surface area contributed by atoms with Crippen LogP contribution in [0.5, 0.6) is 0 Å². The highest BCUT2D eigenvalue weighted by molar-refractivity contribution is 5.94. The Balaban J connectivity index is 1.85. The maximum atomic E-state index is 11.9. The SMILES string of the molecule is N#Cc1ccc(C(=O)NCC2CCNCC2)cc1. The Hall–Kier alpha value is -1.86. The molecule has 0 aliphatic carbocycles. The van der Waals surface area contributed by atoms with E-state index in [2.05, 4.69) is 10.6 Å². The zero-order valence-corrected chi connectivity index (χ0v) is 10.3. The van der Waals surface area contributed by atoms with E-state index in [1.54, 1.807) is 24.3 Å². The van der Waals surface area contributed by atoms with Crippen LogP contribution in [0.3, 0.4) is 0 Å². The third-order valence-electron chi connectivity index (χ3n) is 3.29. The van der Waals surface area contributed by atoms with Gasteiger partial charge in [0.05, 0.1) is 11.6 Å². The average molecular weight is 243 g/mol. The Kier molecular flexibility index (Phi) is 4.32. The summed E-state index contributed by atoms with van der Waals surface area (Å²) in [7, 11) is 0. The third-order valence-corrected chi connectivity index (χ3v) is 3.29. The molecule has 1 aliphatic heterocycles. The Morgan fingerprint density at radius 2 is 2.00 bits per heavy atom. The lowest BCUT2D eigenvalue weighted by atomic mass is 9.98. The van der Waals surface area contributed by atoms with Crippen LogP contribution in [0.15, 0.2) is 24.3 Å². The number of benzene rings is 1. The first-order valence-electron chi connectivity index (χ1n) is 6.28. The summed E-state index contributed by atoms with van der Waals surface area (Å²) in [5, 5.41) is 14.9. The summed E-state index contributed by atoms with van der Waals surface area (Å²) >= 11 is 0. The molecule has 0 aromatic heterocycles. The highest BCUT2D eigenvalue weighted by Crippen LogP contribution is 2.10. The van der Waals surface area contributed by atoms with Crippen molar-refractivity contribution < 1.29 is 4.79 Å². The van der Waals surface area contributed by atoms with Crippen molar-refractivity contribution in [1.29, 1.82) is 5.26 Å². The second-order valence-electron chi connectivity index (χ2n) is 4.59. The molecule has 0 bridgehead atoms. The van der Waals surface area contributed by atoms with Gasteiger partial charge in [-0.25, -0.2) is 0 Å². The molecular weight excluding hydrogens is 226 g/mol. The number of nitrogens with one attached hydrogen (secondary N) is 2. The molecule has 2 N–H and O–H groups in total. The minimum Gasteiger partial charge on any atom is -0.352 e. The molecule has 1 heterocycles. The van der Waals surface area contributed by atoms with E-state index in [1.807, 2.05) is 6.07 Å². The van der Waals surface area contributed by atoms with Gasteiger partial charge in [-0.1, -0.05) is 0 Å². The summed E-state index contributed by atoms with van der Waals surface area (Å²) in [5.41, 5.74) is 1.19. The van der Waals surface area contributed by atoms with Gasteiger partial charge >= 0.3 is 0 Å². The molecule has 0 spiro atoms. The fourth-order valence-electron chi connectivity index (χ4n) is 2.12. The number of hydrogen-bond acceptors (Lipinski definition) is 3. The highest BCUT2D eigenvalue weighted by Gasteiger charge is 2.14. The van der Waals surface area contributed by atoms with Crippen molar-refractivity contribution in [3.8, 4) is 6.07 Å². The number of amides is 1. The minimum atomic E-state index is -0.0574. The van der Waals surface area contributed by atoms with Crippen molar-refractivity contribution in [2.75, 3.05) is 19.6 Å². The van der Waals surface area contributed by atoms with Crippen LogP contribution in [0.25, 0.3) is 0 Å². The standard InChI is InChI=1S/C14H17N3O/c15-9-11-1-3-13(4-2-11)14(18)17-10-12-5-7-16-8-6-12/h1-4,12,16H,5-8,10H2,(H,17,18). The van der Waals surface area contributed by atoms with Crippen LogP contribution in [0, 0.1) is 17.2 Å². The Morgan fingerprint density at radius 3 is 2.61 bits per heavy atom. The van der Waals surface area contributed by atoms with Gasteiger partial charge in [0.2, 0.25) is 0 Å². The van der Waals surface area contributed by atoms with E-state index in [1.165, 1.54) is 0 Å². The van der Waals surface area contributed by atoms with Crippen molar-refractivity contribution in [1.82, 2.24) is 10.6 Å². The fourth-order valence-corrected chi connectivity index (χ4v) is 2.12. The summed E-state index contributed by atoms with van der Waals surface area (Å²) in [4.78, 5) is 11.9. The van der Waals surface area contributed by atoms with E-state index in [4.69, 9.17) is 5.26 Å². The van der Waals surface area contributed by atoms with Gasteiger partial charge in [0.15, 0.2) is 0 Å². The van der Waals surface area contributed by atoms with Gasteiger partial charge in [0, 0.05) is 12.1 Å². The van der Waals surface area contributed by atoms with Crippen LogP contribution in [-0.4, -0.2) is 25.5 Å². The molecular formula is C14H17N3O. The van der Waals surface area contributed by atoms with Gasteiger partial charge in [0.1, 0.15) is 0 Å². The van der Waals surface area contributed by atoms with Crippen LogP contribution >= 0.6 is 0 Å². The minimum absolute atomic E-state index is 0.0574. The first-order valence-corrected chi connectivity index (χ1v) is 6.28. The number of piperidine rings is 1. The second-order valence-corrected chi connectivity index (χ2v) is 4.59. The molecule has 94 valence electrons. The Morgan fingerprint density at radius 1 is 1.33 bits per heavy atom. The predicted molar refractivity (Wildman–Crippen MR) is 69.1 cm³/mol. The molecule has 4 nitrogen and oxygen atoms in total. The largest absolute Gasteiger partial charge is 0.352 e. The lowest BCUT2D eigenvalue weighted by molar-refractivity contribution is 0.0944. The number of carbonyl (C=O) groups is 1. The average Bonchev–Trinajstić information content (AvgIpc) is 2.46. The molecule has 1 fully saturated rings. The van der Waals surface area contributed by atoms with Gasteiger partial charge in [-0.3, -0.25) is 4.79 Å². The van der Waals surface area contributed by atoms with E-state index in [9.17, 15) is 4.79 Å². The van der Waals surface area contributed by atoms with Crippen LogP contribution < -0.4 is 10.6 Å². The van der Waals surface area contributed by atoms with E-state index >= 15 is 0 Å². The van der Waals surface area contributed by atoms with Crippen LogP contribution in [0.4, 0.5) is 0 Å². The van der Waals surface area contributed by atoms with Crippen LogP contribution in [0.2, 0.25) is 0 Å². The molecule has 1 saturated heterocycles. The summed E-state index contributed by atoms with van der Waals surface area (Å²) in [6.07, 6.45) is 2.24. The topological polar surface area (TPSA) is 64.9 Å². The number of hydrogen-bond donors (Lipinski definition) is 2. The zero-order chi connectivity index (χ0) is 12.8. The number of nitrogens with zero attached hydrogens (tertiary/aromatic N) is 1. The molecule has 0 radical (unpaired) electrons. The van der Waals surface area contributed by atoms with Gasteiger partial charge in [-0.15, -0.1) is 0 Å². The second kappa shape index (κ2) is 6.18. The Labute approximate surface area is 107 Å². The van der Waals surface area contributed by atoms with E-state index in [-0.39, 0.29) is 5.91 Å². The third kappa shape index (κ3) is 3.31. The molecule has 0 saturated carbocycles. The summed E-state index contributed by atoms with van der Waals surface area (Å²) in [6.45, 7) is 2.81.